The van der Waals surface area contributed by atoms with E-state index in [0.717, 1.165) is 22.8 Å². The summed E-state index contributed by atoms with van der Waals surface area (Å²) in [6.45, 7) is 0. The first-order valence-electron chi connectivity index (χ1n) is 7.40. The number of hydrogen-bond acceptors (Lipinski definition) is 5. The number of thioether (sulfide) groups is 1. The van der Waals surface area contributed by atoms with Crippen LogP contribution in [0.3, 0.4) is 0 Å². The van der Waals surface area contributed by atoms with Gasteiger partial charge >= 0.3 is 0 Å². The van der Waals surface area contributed by atoms with Gasteiger partial charge in [-0.15, -0.1) is 0 Å². The van der Waals surface area contributed by atoms with Crippen molar-refractivity contribution in [2.75, 3.05) is 18.2 Å². The van der Waals surface area contributed by atoms with Gasteiger partial charge in [0.1, 0.15) is 11.6 Å². The van der Waals surface area contributed by atoms with Crippen molar-refractivity contribution in [3.8, 4) is 11.3 Å². The molecule has 0 aliphatic heterocycles. The van der Waals surface area contributed by atoms with Gasteiger partial charge in [0.25, 0.3) is 5.91 Å². The van der Waals surface area contributed by atoms with Crippen LogP contribution < -0.4 is 4.90 Å². The lowest BCUT2D eigenvalue weighted by molar-refractivity contribution is 0.0963. The quantitative estimate of drug-likeness (QED) is 0.712. The largest absolute Gasteiger partial charge is 0.455 e. The van der Waals surface area contributed by atoms with Crippen LogP contribution >= 0.6 is 11.8 Å². The molecular formula is C17H18N4O2S. The summed E-state index contributed by atoms with van der Waals surface area (Å²) in [5.74, 6) is 2.34. The van der Waals surface area contributed by atoms with Crippen LogP contribution in [-0.4, -0.2) is 34.0 Å². The number of carbonyl (C=O) groups excluding carboxylic acids is 1. The van der Waals surface area contributed by atoms with Crippen LogP contribution in [0.15, 0.2) is 47.1 Å². The molecule has 3 heterocycles. The van der Waals surface area contributed by atoms with Gasteiger partial charge in [-0.1, -0.05) is 0 Å². The molecule has 0 aliphatic carbocycles. The molecule has 0 unspecified atom stereocenters. The third-order valence-corrected chi connectivity index (χ3v) is 4.19. The highest BCUT2D eigenvalue weighted by molar-refractivity contribution is 7.97. The number of hydrogen-bond donors (Lipinski definition) is 0. The van der Waals surface area contributed by atoms with E-state index in [9.17, 15) is 4.79 Å². The summed E-state index contributed by atoms with van der Waals surface area (Å²) in [6.07, 6.45) is 5.45. The molecule has 6 nitrogen and oxygen atoms in total. The van der Waals surface area contributed by atoms with Crippen molar-refractivity contribution in [1.29, 1.82) is 0 Å². The summed E-state index contributed by atoms with van der Waals surface area (Å²) >= 11 is 1.65. The Hall–Kier alpha value is -2.54. The molecule has 3 rings (SSSR count). The summed E-state index contributed by atoms with van der Waals surface area (Å²) in [5.41, 5.74) is 1.67. The van der Waals surface area contributed by atoms with E-state index in [-0.39, 0.29) is 5.91 Å². The summed E-state index contributed by atoms with van der Waals surface area (Å²) in [5, 5.41) is 4.46. The Balaban J connectivity index is 1.85. The molecule has 0 spiro atoms. The van der Waals surface area contributed by atoms with Gasteiger partial charge in [-0.3, -0.25) is 19.4 Å². The van der Waals surface area contributed by atoms with E-state index in [4.69, 9.17) is 4.42 Å². The van der Waals surface area contributed by atoms with Crippen molar-refractivity contribution < 1.29 is 9.21 Å². The van der Waals surface area contributed by atoms with Gasteiger partial charge in [0.15, 0.2) is 5.76 Å². The fourth-order valence-electron chi connectivity index (χ4n) is 2.41. The van der Waals surface area contributed by atoms with Crippen molar-refractivity contribution >= 4 is 23.5 Å². The van der Waals surface area contributed by atoms with Gasteiger partial charge in [0, 0.05) is 38.1 Å². The number of carbonyl (C=O) groups is 1. The molecule has 0 atom stereocenters. The van der Waals surface area contributed by atoms with Gasteiger partial charge < -0.3 is 4.42 Å². The lowest BCUT2D eigenvalue weighted by Gasteiger charge is -2.15. The third kappa shape index (κ3) is 3.21. The van der Waals surface area contributed by atoms with E-state index in [1.54, 1.807) is 49.0 Å². The number of amides is 1. The SMILES string of the molecule is CSCc1ccc(C(=O)N(C)c2cc(-c3cccnc3)nn2C)o1. The van der Waals surface area contributed by atoms with E-state index in [1.807, 2.05) is 30.5 Å². The summed E-state index contributed by atoms with van der Waals surface area (Å²) in [6, 6.07) is 9.20. The van der Waals surface area contributed by atoms with E-state index >= 15 is 0 Å². The molecule has 0 saturated carbocycles. The number of nitrogens with zero attached hydrogens (tertiary/aromatic N) is 4. The maximum absolute atomic E-state index is 12.6. The number of pyridine rings is 1. The second kappa shape index (κ2) is 6.92. The molecule has 1 amide bonds. The average molecular weight is 342 g/mol. The van der Waals surface area contributed by atoms with E-state index in [2.05, 4.69) is 10.1 Å². The summed E-state index contributed by atoms with van der Waals surface area (Å²) < 4.78 is 7.28. The fraction of sp³-hybridized carbons (Fsp3) is 0.235. The van der Waals surface area contributed by atoms with Crippen molar-refractivity contribution in [2.45, 2.75) is 5.75 Å². The predicted octanol–water partition coefficient (Wildman–Crippen LogP) is 3.21. The van der Waals surface area contributed by atoms with Gasteiger partial charge in [-0.05, 0) is 30.5 Å². The molecule has 24 heavy (non-hydrogen) atoms. The Kier molecular flexibility index (Phi) is 4.71. The Morgan fingerprint density at radius 3 is 2.92 bits per heavy atom. The number of furan rings is 1. The minimum absolute atomic E-state index is 0.205. The number of anilines is 1. The number of aryl methyl sites for hydroxylation is 1. The molecule has 0 aromatic carbocycles. The topological polar surface area (TPSA) is 64.2 Å². The monoisotopic (exact) mass is 342 g/mol. The maximum atomic E-state index is 12.6. The number of aromatic nitrogens is 3. The average Bonchev–Trinajstić information content (AvgIpc) is 3.21. The Morgan fingerprint density at radius 1 is 1.38 bits per heavy atom. The molecule has 0 saturated heterocycles. The van der Waals surface area contributed by atoms with E-state index < -0.39 is 0 Å². The van der Waals surface area contributed by atoms with Crippen molar-refractivity contribution in [1.82, 2.24) is 14.8 Å². The normalized spacial score (nSPS) is 10.8. The highest BCUT2D eigenvalue weighted by atomic mass is 32.2. The minimum atomic E-state index is -0.205. The van der Waals surface area contributed by atoms with Crippen LogP contribution in [0.1, 0.15) is 16.3 Å². The molecule has 124 valence electrons. The van der Waals surface area contributed by atoms with Crippen molar-refractivity contribution in [3.05, 3.63) is 54.2 Å². The van der Waals surface area contributed by atoms with Crippen molar-refractivity contribution in [3.63, 3.8) is 0 Å². The van der Waals surface area contributed by atoms with Crippen LogP contribution in [0.2, 0.25) is 0 Å². The van der Waals surface area contributed by atoms with Crippen LogP contribution in [0.4, 0.5) is 5.82 Å². The molecule has 0 fully saturated rings. The second-order valence-corrected chi connectivity index (χ2v) is 6.18. The van der Waals surface area contributed by atoms with Gasteiger partial charge in [-0.2, -0.15) is 16.9 Å². The third-order valence-electron chi connectivity index (χ3n) is 3.62. The lowest BCUT2D eigenvalue weighted by Crippen LogP contribution is -2.27. The fourth-order valence-corrected chi connectivity index (χ4v) is 2.85. The molecule has 3 aromatic heterocycles. The Labute approximate surface area is 144 Å². The second-order valence-electron chi connectivity index (χ2n) is 5.32. The van der Waals surface area contributed by atoms with Crippen LogP contribution in [0, 0.1) is 0 Å². The van der Waals surface area contributed by atoms with Gasteiger partial charge in [0.2, 0.25) is 0 Å². The first kappa shape index (κ1) is 16.3. The zero-order valence-corrected chi connectivity index (χ0v) is 14.6. The van der Waals surface area contributed by atoms with Crippen molar-refractivity contribution in [2.24, 2.45) is 7.05 Å². The molecule has 7 heteroatoms. The molecule has 3 aromatic rings. The van der Waals surface area contributed by atoms with Crippen LogP contribution in [0.5, 0.6) is 0 Å². The minimum Gasteiger partial charge on any atom is -0.455 e. The molecule has 0 radical (unpaired) electrons. The van der Waals surface area contributed by atoms with Gasteiger partial charge in [0.05, 0.1) is 11.4 Å². The highest BCUT2D eigenvalue weighted by Crippen LogP contribution is 2.24. The molecular weight excluding hydrogens is 324 g/mol. The zero-order chi connectivity index (χ0) is 17.1. The molecule has 0 bridgehead atoms. The predicted molar refractivity (Wildman–Crippen MR) is 95.1 cm³/mol. The van der Waals surface area contributed by atoms with E-state index in [0.29, 0.717) is 11.6 Å². The zero-order valence-electron chi connectivity index (χ0n) is 13.8. The lowest BCUT2D eigenvalue weighted by atomic mass is 10.2. The summed E-state index contributed by atoms with van der Waals surface area (Å²) in [4.78, 5) is 18.3. The smallest absolute Gasteiger partial charge is 0.294 e. The molecule has 0 N–H and O–H groups in total. The van der Waals surface area contributed by atoms with Crippen LogP contribution in [-0.2, 0) is 12.8 Å². The van der Waals surface area contributed by atoms with Crippen LogP contribution in [0.25, 0.3) is 11.3 Å². The maximum Gasteiger partial charge on any atom is 0.294 e. The number of rotatable bonds is 5. The molecule has 0 aliphatic rings. The Morgan fingerprint density at radius 2 is 2.21 bits per heavy atom. The highest BCUT2D eigenvalue weighted by Gasteiger charge is 2.21. The summed E-state index contributed by atoms with van der Waals surface area (Å²) in [7, 11) is 3.52. The first-order valence-corrected chi connectivity index (χ1v) is 8.79. The standard InChI is InChI=1S/C17H18N4O2S/c1-20(17(22)15-7-6-13(23-15)11-24-3)16-9-14(19-21(16)2)12-5-4-8-18-10-12/h4-10H,11H2,1-3H3. The van der Waals surface area contributed by atoms with E-state index in [1.165, 1.54) is 4.90 Å². The Bertz CT molecular complexity index is 841. The first-order chi connectivity index (χ1) is 11.6. The van der Waals surface area contributed by atoms with Gasteiger partial charge in [-0.25, -0.2) is 0 Å².